The third-order valence-corrected chi connectivity index (χ3v) is 2.83. The Bertz CT molecular complexity index is 635. The SMILES string of the molecule is CC(C)C[C@H](NC(=O)c1cnn2cccnc12)C(=O)O. The summed E-state index contributed by atoms with van der Waals surface area (Å²) >= 11 is 0. The van der Waals surface area contributed by atoms with E-state index in [-0.39, 0.29) is 11.5 Å². The molecule has 0 aliphatic rings. The molecule has 0 saturated heterocycles. The second-order valence-corrected chi connectivity index (χ2v) is 4.94. The summed E-state index contributed by atoms with van der Waals surface area (Å²) in [6, 6.07) is 0.779. The predicted molar refractivity (Wildman–Crippen MR) is 71.3 cm³/mol. The topological polar surface area (TPSA) is 96.6 Å². The van der Waals surface area contributed by atoms with Crippen LogP contribution in [0.3, 0.4) is 0 Å². The van der Waals surface area contributed by atoms with Gasteiger partial charge in [-0.05, 0) is 18.4 Å². The molecule has 0 bridgehead atoms. The molecule has 7 nitrogen and oxygen atoms in total. The summed E-state index contributed by atoms with van der Waals surface area (Å²) in [5, 5.41) is 15.6. The van der Waals surface area contributed by atoms with Crippen LogP contribution in [0.4, 0.5) is 0 Å². The van der Waals surface area contributed by atoms with Crippen LogP contribution < -0.4 is 5.32 Å². The van der Waals surface area contributed by atoms with E-state index in [1.807, 2.05) is 13.8 Å². The maximum atomic E-state index is 12.1. The van der Waals surface area contributed by atoms with E-state index in [9.17, 15) is 9.59 Å². The van der Waals surface area contributed by atoms with E-state index in [1.165, 1.54) is 10.7 Å². The average Bonchev–Trinajstić information content (AvgIpc) is 2.81. The minimum atomic E-state index is -1.04. The van der Waals surface area contributed by atoms with Crippen molar-refractivity contribution >= 4 is 17.5 Å². The van der Waals surface area contributed by atoms with Crippen molar-refractivity contribution in [2.75, 3.05) is 0 Å². The van der Waals surface area contributed by atoms with Crippen molar-refractivity contribution in [3.05, 3.63) is 30.2 Å². The van der Waals surface area contributed by atoms with E-state index < -0.39 is 17.9 Å². The average molecular weight is 276 g/mol. The van der Waals surface area contributed by atoms with E-state index in [4.69, 9.17) is 5.11 Å². The lowest BCUT2D eigenvalue weighted by Crippen LogP contribution is -2.41. The Hall–Kier alpha value is -2.44. The largest absolute Gasteiger partial charge is 0.480 e. The molecule has 2 rings (SSSR count). The molecule has 0 spiro atoms. The highest BCUT2D eigenvalue weighted by atomic mass is 16.4. The van der Waals surface area contributed by atoms with Crippen LogP contribution in [0.5, 0.6) is 0 Å². The van der Waals surface area contributed by atoms with Crippen LogP contribution in [0.15, 0.2) is 24.7 Å². The maximum absolute atomic E-state index is 12.1. The standard InChI is InChI=1S/C13H16N4O3/c1-8(2)6-10(13(19)20)16-12(18)9-7-15-17-5-3-4-14-11(9)17/h3-5,7-8,10H,6H2,1-2H3,(H,16,18)(H,19,20)/t10-/m0/s1. The number of nitrogens with one attached hydrogen (secondary N) is 1. The van der Waals surface area contributed by atoms with Crippen molar-refractivity contribution in [3.63, 3.8) is 0 Å². The number of nitrogens with zero attached hydrogens (tertiary/aromatic N) is 3. The van der Waals surface area contributed by atoms with E-state index in [1.54, 1.807) is 18.5 Å². The van der Waals surface area contributed by atoms with Crippen LogP contribution in [0.2, 0.25) is 0 Å². The highest BCUT2D eigenvalue weighted by Crippen LogP contribution is 2.09. The van der Waals surface area contributed by atoms with E-state index in [0.29, 0.717) is 12.1 Å². The van der Waals surface area contributed by atoms with Gasteiger partial charge < -0.3 is 10.4 Å². The molecular weight excluding hydrogens is 260 g/mol. The zero-order chi connectivity index (χ0) is 14.7. The van der Waals surface area contributed by atoms with Crippen molar-refractivity contribution in [2.24, 2.45) is 5.92 Å². The molecule has 106 valence electrons. The van der Waals surface area contributed by atoms with Crippen LogP contribution in [-0.2, 0) is 4.79 Å². The van der Waals surface area contributed by atoms with E-state index >= 15 is 0 Å². The molecule has 1 atom stereocenters. The number of aromatic nitrogens is 3. The summed E-state index contributed by atoms with van der Waals surface area (Å²) in [6.45, 7) is 3.80. The highest BCUT2D eigenvalue weighted by Gasteiger charge is 2.23. The lowest BCUT2D eigenvalue weighted by atomic mass is 10.0. The second-order valence-electron chi connectivity index (χ2n) is 4.94. The molecule has 0 fully saturated rings. The van der Waals surface area contributed by atoms with Gasteiger partial charge in [0, 0.05) is 12.4 Å². The summed E-state index contributed by atoms with van der Waals surface area (Å²) in [4.78, 5) is 27.4. The highest BCUT2D eigenvalue weighted by molar-refractivity contribution is 6.01. The van der Waals surface area contributed by atoms with Crippen molar-refractivity contribution in [3.8, 4) is 0 Å². The maximum Gasteiger partial charge on any atom is 0.326 e. The molecule has 2 aromatic rings. The van der Waals surface area contributed by atoms with Gasteiger partial charge in [-0.15, -0.1) is 0 Å². The van der Waals surface area contributed by atoms with Crippen LogP contribution in [0, 0.1) is 5.92 Å². The Morgan fingerprint density at radius 2 is 2.20 bits per heavy atom. The summed E-state index contributed by atoms with van der Waals surface area (Å²) < 4.78 is 1.47. The fourth-order valence-electron chi connectivity index (χ4n) is 1.92. The van der Waals surface area contributed by atoms with Crippen LogP contribution in [0.1, 0.15) is 30.6 Å². The van der Waals surface area contributed by atoms with Gasteiger partial charge in [0.05, 0.1) is 6.20 Å². The van der Waals surface area contributed by atoms with Crippen LogP contribution in [0.25, 0.3) is 5.65 Å². The van der Waals surface area contributed by atoms with E-state index in [2.05, 4.69) is 15.4 Å². The van der Waals surface area contributed by atoms with Crippen molar-refractivity contribution in [2.45, 2.75) is 26.3 Å². The van der Waals surface area contributed by atoms with Crippen molar-refractivity contribution in [1.82, 2.24) is 19.9 Å². The molecule has 0 radical (unpaired) electrons. The van der Waals surface area contributed by atoms with Gasteiger partial charge in [-0.25, -0.2) is 14.3 Å². The molecule has 2 aromatic heterocycles. The number of hydrogen-bond donors (Lipinski definition) is 2. The number of carbonyl (C=O) groups excluding carboxylic acids is 1. The minimum Gasteiger partial charge on any atom is -0.480 e. The Kier molecular flexibility index (Phi) is 3.97. The lowest BCUT2D eigenvalue weighted by molar-refractivity contribution is -0.139. The molecule has 7 heteroatoms. The fourth-order valence-corrected chi connectivity index (χ4v) is 1.92. The first-order valence-corrected chi connectivity index (χ1v) is 6.31. The van der Waals surface area contributed by atoms with Gasteiger partial charge in [0.25, 0.3) is 5.91 Å². The molecule has 1 amide bonds. The van der Waals surface area contributed by atoms with Crippen molar-refractivity contribution in [1.29, 1.82) is 0 Å². The number of carbonyl (C=O) groups is 2. The number of fused-ring (bicyclic) bond motifs is 1. The zero-order valence-corrected chi connectivity index (χ0v) is 11.3. The summed E-state index contributed by atoms with van der Waals surface area (Å²) in [5.41, 5.74) is 0.666. The van der Waals surface area contributed by atoms with Gasteiger partial charge in [0.15, 0.2) is 5.65 Å². The number of amides is 1. The Morgan fingerprint density at radius 1 is 1.45 bits per heavy atom. The molecule has 2 N–H and O–H groups in total. The number of carboxylic acid groups (broad SMARTS) is 1. The first-order valence-electron chi connectivity index (χ1n) is 6.31. The summed E-state index contributed by atoms with van der Waals surface area (Å²) in [7, 11) is 0. The van der Waals surface area contributed by atoms with Gasteiger partial charge >= 0.3 is 5.97 Å². The fraction of sp³-hybridized carbons (Fsp3) is 0.385. The van der Waals surface area contributed by atoms with E-state index in [0.717, 1.165) is 0 Å². The normalized spacial score (nSPS) is 12.6. The number of hydrogen-bond acceptors (Lipinski definition) is 4. The Morgan fingerprint density at radius 3 is 2.85 bits per heavy atom. The molecule has 0 unspecified atom stereocenters. The van der Waals surface area contributed by atoms with Crippen LogP contribution in [-0.4, -0.2) is 37.6 Å². The lowest BCUT2D eigenvalue weighted by Gasteiger charge is -2.15. The number of rotatable bonds is 5. The van der Waals surface area contributed by atoms with Crippen LogP contribution >= 0.6 is 0 Å². The number of carboxylic acids is 1. The molecule has 0 aliphatic carbocycles. The first-order chi connectivity index (χ1) is 9.49. The quantitative estimate of drug-likeness (QED) is 0.847. The summed E-state index contributed by atoms with van der Waals surface area (Å²) in [5.74, 6) is -1.36. The third kappa shape index (κ3) is 2.93. The first kappa shape index (κ1) is 14.0. The van der Waals surface area contributed by atoms with Gasteiger partial charge in [0.1, 0.15) is 11.6 Å². The third-order valence-electron chi connectivity index (χ3n) is 2.83. The van der Waals surface area contributed by atoms with Gasteiger partial charge in [-0.1, -0.05) is 13.8 Å². The van der Waals surface area contributed by atoms with Crippen molar-refractivity contribution < 1.29 is 14.7 Å². The smallest absolute Gasteiger partial charge is 0.326 e. The molecule has 0 aliphatic heterocycles. The molecule has 20 heavy (non-hydrogen) atoms. The van der Waals surface area contributed by atoms with Gasteiger partial charge in [-0.2, -0.15) is 5.10 Å². The molecular formula is C13H16N4O3. The second kappa shape index (κ2) is 5.68. The number of aliphatic carboxylic acids is 1. The zero-order valence-electron chi connectivity index (χ0n) is 11.3. The van der Waals surface area contributed by atoms with Gasteiger partial charge in [-0.3, -0.25) is 4.79 Å². The predicted octanol–water partition coefficient (Wildman–Crippen LogP) is 0.958. The molecule has 2 heterocycles. The van der Waals surface area contributed by atoms with Gasteiger partial charge in [0.2, 0.25) is 0 Å². The molecule has 0 aromatic carbocycles. The monoisotopic (exact) mass is 276 g/mol. The Labute approximate surface area is 115 Å². The minimum absolute atomic E-state index is 0.165. The summed E-state index contributed by atoms with van der Waals surface area (Å²) in [6.07, 6.45) is 4.97. The molecule has 0 saturated carbocycles. The Balaban J connectivity index is 2.20.